The fourth-order valence-corrected chi connectivity index (χ4v) is 3.32. The molecule has 0 saturated carbocycles. The van der Waals surface area contributed by atoms with Crippen molar-refractivity contribution in [2.24, 2.45) is 0 Å². The molecule has 7 nitrogen and oxygen atoms in total. The number of ether oxygens (including phenoxy) is 2. The number of anilines is 1. The molecule has 0 bridgehead atoms. The first kappa shape index (κ1) is 24.9. The van der Waals surface area contributed by atoms with Gasteiger partial charge in [0, 0.05) is 31.3 Å². The molecule has 0 aliphatic heterocycles. The van der Waals surface area contributed by atoms with Gasteiger partial charge in [-0.15, -0.1) is 0 Å². The van der Waals surface area contributed by atoms with E-state index in [2.05, 4.69) is 16.0 Å². The van der Waals surface area contributed by atoms with Crippen LogP contribution in [0.1, 0.15) is 26.3 Å². The number of methoxy groups -OCH3 is 1. The lowest BCUT2D eigenvalue weighted by atomic mass is 10.1. The Hall–Kier alpha value is -3.75. The summed E-state index contributed by atoms with van der Waals surface area (Å²) >= 11 is 5.28. The predicted molar refractivity (Wildman–Crippen MR) is 136 cm³/mol. The summed E-state index contributed by atoms with van der Waals surface area (Å²) in [4.78, 5) is 24.8. The lowest BCUT2D eigenvalue weighted by Gasteiger charge is -2.13. The number of carbonyl (C=O) groups is 2. The number of nitrogens with one attached hydrogen (secondary N) is 3. The van der Waals surface area contributed by atoms with Crippen LogP contribution in [0.15, 0.2) is 78.9 Å². The van der Waals surface area contributed by atoms with Gasteiger partial charge in [-0.05, 0) is 54.2 Å². The molecule has 0 saturated heterocycles. The summed E-state index contributed by atoms with van der Waals surface area (Å²) in [6, 6.07) is 23.8. The number of rotatable bonds is 10. The third kappa shape index (κ3) is 7.68. The van der Waals surface area contributed by atoms with Gasteiger partial charge in [-0.3, -0.25) is 14.9 Å². The number of amides is 2. The standard InChI is InChI=1S/C26H27N3O4S/c1-32-18-16-27-24(30)20-11-13-21(14-12-20)28-26(34)29-25(31)22-9-5-6-10-23(22)33-17-15-19-7-3-2-4-8-19/h2-14H,15-18H2,1H3,(H,27,30)(H2,28,29,31,34). The molecule has 0 aliphatic carbocycles. The Kier molecular flexibility index (Phi) is 9.57. The highest BCUT2D eigenvalue weighted by molar-refractivity contribution is 7.80. The molecule has 2 amide bonds. The average molecular weight is 478 g/mol. The average Bonchev–Trinajstić information content (AvgIpc) is 2.85. The van der Waals surface area contributed by atoms with E-state index >= 15 is 0 Å². The van der Waals surface area contributed by atoms with Gasteiger partial charge in [0.1, 0.15) is 5.75 Å². The molecule has 3 N–H and O–H groups in total. The Morgan fingerprint density at radius 2 is 1.56 bits per heavy atom. The zero-order chi connectivity index (χ0) is 24.2. The zero-order valence-corrected chi connectivity index (χ0v) is 19.7. The van der Waals surface area contributed by atoms with Gasteiger partial charge in [0.25, 0.3) is 11.8 Å². The van der Waals surface area contributed by atoms with Gasteiger partial charge in [0.15, 0.2) is 5.11 Å². The SMILES string of the molecule is COCCNC(=O)c1ccc(NC(=S)NC(=O)c2ccccc2OCCc2ccccc2)cc1. The Morgan fingerprint density at radius 1 is 0.853 bits per heavy atom. The van der Waals surface area contributed by atoms with E-state index in [9.17, 15) is 9.59 Å². The number of carbonyl (C=O) groups excluding carboxylic acids is 2. The maximum Gasteiger partial charge on any atom is 0.261 e. The summed E-state index contributed by atoms with van der Waals surface area (Å²) in [6.45, 7) is 1.33. The first-order chi connectivity index (χ1) is 16.6. The van der Waals surface area contributed by atoms with Crippen LogP contribution in [0.4, 0.5) is 5.69 Å². The number of para-hydroxylation sites is 1. The minimum absolute atomic E-state index is 0.140. The smallest absolute Gasteiger partial charge is 0.261 e. The molecule has 0 fully saturated rings. The van der Waals surface area contributed by atoms with Crippen LogP contribution < -0.4 is 20.7 Å². The van der Waals surface area contributed by atoms with Gasteiger partial charge in [0.05, 0.1) is 18.8 Å². The lowest BCUT2D eigenvalue weighted by molar-refractivity contribution is 0.0935. The van der Waals surface area contributed by atoms with E-state index in [1.54, 1.807) is 49.6 Å². The van der Waals surface area contributed by atoms with Crippen LogP contribution in [-0.2, 0) is 11.2 Å². The molecule has 0 unspecified atom stereocenters. The Bertz CT molecular complexity index is 1100. The summed E-state index contributed by atoms with van der Waals surface area (Å²) in [5.41, 5.74) is 2.71. The zero-order valence-electron chi connectivity index (χ0n) is 18.9. The summed E-state index contributed by atoms with van der Waals surface area (Å²) < 4.78 is 10.8. The maximum absolute atomic E-state index is 12.8. The van der Waals surface area contributed by atoms with Crippen molar-refractivity contribution in [2.45, 2.75) is 6.42 Å². The first-order valence-corrected chi connectivity index (χ1v) is 11.2. The van der Waals surface area contributed by atoms with Gasteiger partial charge in [-0.25, -0.2) is 0 Å². The first-order valence-electron chi connectivity index (χ1n) is 10.8. The van der Waals surface area contributed by atoms with Crippen molar-refractivity contribution >= 4 is 34.8 Å². The summed E-state index contributed by atoms with van der Waals surface area (Å²) in [5, 5.41) is 8.52. The molecule has 0 aromatic heterocycles. The van der Waals surface area contributed by atoms with E-state index in [-0.39, 0.29) is 16.9 Å². The highest BCUT2D eigenvalue weighted by Gasteiger charge is 2.14. The molecule has 0 heterocycles. The van der Waals surface area contributed by atoms with Crippen molar-refractivity contribution in [3.05, 3.63) is 95.6 Å². The van der Waals surface area contributed by atoms with Crippen LogP contribution in [0, 0.1) is 0 Å². The predicted octanol–water partition coefficient (Wildman–Crippen LogP) is 3.81. The monoisotopic (exact) mass is 477 g/mol. The van der Waals surface area contributed by atoms with Crippen LogP contribution in [0.3, 0.4) is 0 Å². The Balaban J connectivity index is 1.52. The molecular weight excluding hydrogens is 450 g/mol. The molecule has 0 spiro atoms. The van der Waals surface area contributed by atoms with Gasteiger partial charge in [-0.2, -0.15) is 0 Å². The van der Waals surface area contributed by atoms with Gasteiger partial charge >= 0.3 is 0 Å². The highest BCUT2D eigenvalue weighted by atomic mass is 32.1. The molecule has 0 aliphatic rings. The van der Waals surface area contributed by atoms with Gasteiger partial charge in [-0.1, -0.05) is 42.5 Å². The summed E-state index contributed by atoms with van der Waals surface area (Å²) in [5.74, 6) is -0.0760. The number of hydrogen-bond acceptors (Lipinski definition) is 5. The quantitative estimate of drug-likeness (QED) is 0.304. The van der Waals surface area contributed by atoms with Crippen molar-refractivity contribution in [3.63, 3.8) is 0 Å². The Morgan fingerprint density at radius 3 is 2.29 bits per heavy atom. The maximum atomic E-state index is 12.8. The summed E-state index contributed by atoms with van der Waals surface area (Å²) in [7, 11) is 1.58. The van der Waals surface area contributed by atoms with Crippen LogP contribution in [0.2, 0.25) is 0 Å². The molecule has 176 valence electrons. The van der Waals surface area contributed by atoms with Crippen molar-refractivity contribution in [1.82, 2.24) is 10.6 Å². The molecule has 3 rings (SSSR count). The van der Waals surface area contributed by atoms with E-state index < -0.39 is 0 Å². The minimum atomic E-state index is -0.373. The largest absolute Gasteiger partial charge is 0.492 e. The molecule has 0 atom stereocenters. The van der Waals surface area contributed by atoms with Crippen molar-refractivity contribution in [2.75, 3.05) is 32.2 Å². The second-order valence-corrected chi connectivity index (χ2v) is 7.72. The van der Waals surface area contributed by atoms with Crippen LogP contribution in [-0.4, -0.2) is 43.8 Å². The summed E-state index contributed by atoms with van der Waals surface area (Å²) in [6.07, 6.45) is 0.733. The van der Waals surface area contributed by atoms with E-state index in [4.69, 9.17) is 21.7 Å². The Labute approximate surface area is 204 Å². The van der Waals surface area contributed by atoms with Crippen molar-refractivity contribution in [1.29, 1.82) is 0 Å². The molecule has 3 aromatic rings. The molecule has 3 aromatic carbocycles. The number of benzene rings is 3. The van der Waals surface area contributed by atoms with E-state index in [1.807, 2.05) is 36.4 Å². The van der Waals surface area contributed by atoms with E-state index in [0.29, 0.717) is 42.3 Å². The normalized spacial score (nSPS) is 10.3. The molecule has 0 radical (unpaired) electrons. The van der Waals surface area contributed by atoms with Crippen LogP contribution in [0.25, 0.3) is 0 Å². The fraction of sp³-hybridized carbons (Fsp3) is 0.192. The topological polar surface area (TPSA) is 88.7 Å². The molecule has 34 heavy (non-hydrogen) atoms. The minimum Gasteiger partial charge on any atom is -0.492 e. The lowest BCUT2D eigenvalue weighted by Crippen LogP contribution is -2.34. The number of thiocarbonyl (C=S) groups is 1. The third-order valence-electron chi connectivity index (χ3n) is 4.85. The third-order valence-corrected chi connectivity index (χ3v) is 5.05. The van der Waals surface area contributed by atoms with E-state index in [0.717, 1.165) is 12.0 Å². The molecular formula is C26H27N3O4S. The van der Waals surface area contributed by atoms with Gasteiger partial charge in [0.2, 0.25) is 0 Å². The molecule has 8 heteroatoms. The van der Waals surface area contributed by atoms with Crippen molar-refractivity contribution < 1.29 is 19.1 Å². The second kappa shape index (κ2) is 13.1. The number of hydrogen-bond donors (Lipinski definition) is 3. The van der Waals surface area contributed by atoms with Crippen molar-refractivity contribution in [3.8, 4) is 5.75 Å². The van der Waals surface area contributed by atoms with Crippen LogP contribution >= 0.6 is 12.2 Å². The van der Waals surface area contributed by atoms with Crippen LogP contribution in [0.5, 0.6) is 5.75 Å². The van der Waals surface area contributed by atoms with Gasteiger partial charge < -0.3 is 20.1 Å². The second-order valence-electron chi connectivity index (χ2n) is 7.31. The fourth-order valence-electron chi connectivity index (χ4n) is 3.11. The highest BCUT2D eigenvalue weighted by Crippen LogP contribution is 2.18. The van der Waals surface area contributed by atoms with E-state index in [1.165, 1.54) is 0 Å².